The molecule has 0 aliphatic rings. The number of carbonyl (C=O) groups excluding carboxylic acids is 1. The second-order valence-electron chi connectivity index (χ2n) is 5.78. The zero-order valence-electron chi connectivity index (χ0n) is 14.4. The number of rotatable bonds is 5. The van der Waals surface area contributed by atoms with E-state index in [4.69, 9.17) is 4.52 Å². The Kier molecular flexibility index (Phi) is 4.74. The van der Waals surface area contributed by atoms with Crippen molar-refractivity contribution in [3.05, 3.63) is 65.3 Å². The predicted octanol–water partition coefficient (Wildman–Crippen LogP) is 2.97. The number of hydrogen-bond acceptors (Lipinski definition) is 6. The molecule has 2 heterocycles. The average Bonchev–Trinajstić information content (AvgIpc) is 3.00. The third kappa shape index (κ3) is 4.20. The highest BCUT2D eigenvalue weighted by Crippen LogP contribution is 2.16. The van der Waals surface area contributed by atoms with Gasteiger partial charge in [0.05, 0.1) is 0 Å². The summed E-state index contributed by atoms with van der Waals surface area (Å²) in [6.07, 6.45) is 0. The van der Waals surface area contributed by atoms with Gasteiger partial charge >= 0.3 is 0 Å². The number of nitrogens with zero attached hydrogens (tertiary/aromatic N) is 4. The summed E-state index contributed by atoms with van der Waals surface area (Å²) in [7, 11) is 1.93. The third-order valence-electron chi connectivity index (χ3n) is 3.58. The molecule has 3 aromatic rings. The molecule has 3 rings (SSSR count). The molecule has 1 N–H and O–H groups in total. The van der Waals surface area contributed by atoms with Gasteiger partial charge in [0, 0.05) is 25.7 Å². The Bertz CT molecular complexity index is 876. The Labute approximate surface area is 145 Å². The summed E-state index contributed by atoms with van der Waals surface area (Å²) in [4.78, 5) is 23.0. The molecule has 0 radical (unpaired) electrons. The molecule has 7 nitrogen and oxygen atoms in total. The molecule has 25 heavy (non-hydrogen) atoms. The fourth-order valence-electron chi connectivity index (χ4n) is 2.41. The van der Waals surface area contributed by atoms with Crippen LogP contribution in [0.3, 0.4) is 0 Å². The molecule has 0 saturated heterocycles. The average molecular weight is 337 g/mol. The van der Waals surface area contributed by atoms with Crippen LogP contribution in [0.4, 0.5) is 11.6 Å². The van der Waals surface area contributed by atoms with Crippen LogP contribution < -0.4 is 10.2 Å². The molecule has 0 aliphatic carbocycles. The van der Waals surface area contributed by atoms with Gasteiger partial charge in [0.2, 0.25) is 0 Å². The van der Waals surface area contributed by atoms with Crippen LogP contribution >= 0.6 is 0 Å². The smallest absolute Gasteiger partial charge is 0.275 e. The first-order chi connectivity index (χ1) is 12.0. The van der Waals surface area contributed by atoms with Crippen LogP contribution in [0.2, 0.25) is 0 Å². The number of aryl methyl sites for hydroxylation is 2. The van der Waals surface area contributed by atoms with E-state index in [9.17, 15) is 4.79 Å². The largest absolute Gasteiger partial charge is 0.360 e. The van der Waals surface area contributed by atoms with E-state index in [-0.39, 0.29) is 11.6 Å². The van der Waals surface area contributed by atoms with Crippen molar-refractivity contribution in [1.29, 1.82) is 0 Å². The van der Waals surface area contributed by atoms with Crippen molar-refractivity contribution < 1.29 is 9.32 Å². The Morgan fingerprint density at radius 1 is 1.16 bits per heavy atom. The van der Waals surface area contributed by atoms with Crippen molar-refractivity contribution in [2.75, 3.05) is 17.3 Å². The summed E-state index contributed by atoms with van der Waals surface area (Å²) in [5.74, 6) is 1.83. The molecule has 1 aromatic carbocycles. The second-order valence-corrected chi connectivity index (χ2v) is 5.78. The highest BCUT2D eigenvalue weighted by atomic mass is 16.5. The van der Waals surface area contributed by atoms with Gasteiger partial charge in [0.15, 0.2) is 5.82 Å². The molecule has 1 amide bonds. The monoisotopic (exact) mass is 337 g/mol. The van der Waals surface area contributed by atoms with E-state index in [0.717, 1.165) is 5.56 Å². The fourth-order valence-corrected chi connectivity index (χ4v) is 2.41. The summed E-state index contributed by atoms with van der Waals surface area (Å²) in [5, 5.41) is 6.43. The number of benzene rings is 1. The molecule has 0 aliphatic heterocycles. The summed E-state index contributed by atoms with van der Waals surface area (Å²) in [6, 6.07) is 13.4. The Balaban J connectivity index is 1.78. The van der Waals surface area contributed by atoms with E-state index < -0.39 is 0 Å². The molecule has 0 bridgehead atoms. The summed E-state index contributed by atoms with van der Waals surface area (Å²) >= 11 is 0. The topological polar surface area (TPSA) is 84.2 Å². The van der Waals surface area contributed by atoms with Crippen LogP contribution in [0, 0.1) is 13.8 Å². The maximum atomic E-state index is 12.4. The van der Waals surface area contributed by atoms with Crippen LogP contribution in [-0.4, -0.2) is 28.1 Å². The van der Waals surface area contributed by atoms with Gasteiger partial charge in [-0.15, -0.1) is 0 Å². The van der Waals surface area contributed by atoms with Crippen molar-refractivity contribution >= 4 is 17.5 Å². The van der Waals surface area contributed by atoms with Crippen molar-refractivity contribution in [2.24, 2.45) is 0 Å². The number of hydrogen-bond donors (Lipinski definition) is 1. The molecule has 7 heteroatoms. The zero-order valence-corrected chi connectivity index (χ0v) is 14.4. The van der Waals surface area contributed by atoms with Crippen LogP contribution in [0.1, 0.15) is 27.6 Å². The maximum absolute atomic E-state index is 12.4. The van der Waals surface area contributed by atoms with Gasteiger partial charge in [0.1, 0.15) is 23.1 Å². The van der Waals surface area contributed by atoms with E-state index in [1.54, 1.807) is 26.0 Å². The minimum absolute atomic E-state index is 0.281. The number of anilines is 2. The van der Waals surface area contributed by atoms with Crippen molar-refractivity contribution in [3.63, 3.8) is 0 Å². The Morgan fingerprint density at radius 3 is 2.60 bits per heavy atom. The van der Waals surface area contributed by atoms with Crippen LogP contribution in [0.25, 0.3) is 0 Å². The highest BCUT2D eigenvalue weighted by Gasteiger charge is 2.14. The number of aromatic nitrogens is 3. The highest BCUT2D eigenvalue weighted by molar-refractivity contribution is 6.02. The first-order valence-electron chi connectivity index (χ1n) is 7.86. The zero-order chi connectivity index (χ0) is 17.8. The van der Waals surface area contributed by atoms with Gasteiger partial charge in [0.25, 0.3) is 5.91 Å². The van der Waals surface area contributed by atoms with Gasteiger partial charge in [-0.25, -0.2) is 9.97 Å². The van der Waals surface area contributed by atoms with Crippen molar-refractivity contribution in [3.8, 4) is 0 Å². The van der Waals surface area contributed by atoms with Gasteiger partial charge in [-0.3, -0.25) is 4.79 Å². The summed E-state index contributed by atoms with van der Waals surface area (Å²) in [5.41, 5.74) is 1.44. The molecule has 2 aromatic heterocycles. The molecule has 0 spiro atoms. The molecular formula is C18H19N5O2. The lowest BCUT2D eigenvalue weighted by atomic mass is 10.2. The third-order valence-corrected chi connectivity index (χ3v) is 3.58. The number of nitrogens with one attached hydrogen (secondary N) is 1. The van der Waals surface area contributed by atoms with Crippen molar-refractivity contribution in [2.45, 2.75) is 20.4 Å². The molecule has 0 unspecified atom stereocenters. The standard InChI is InChI=1S/C18H19N5O2/c1-12-9-16(22-25-12)21-18(24)15-10-17(20-13(2)19-15)23(3)11-14-7-5-4-6-8-14/h4-10H,11H2,1-3H3,(H,21,22,24). The lowest BCUT2D eigenvalue weighted by Crippen LogP contribution is -2.21. The van der Waals surface area contributed by atoms with Gasteiger partial charge in [-0.1, -0.05) is 35.5 Å². The lowest BCUT2D eigenvalue weighted by Gasteiger charge is -2.19. The molecule has 0 saturated carbocycles. The molecular weight excluding hydrogens is 318 g/mol. The molecule has 0 atom stereocenters. The second kappa shape index (κ2) is 7.12. The maximum Gasteiger partial charge on any atom is 0.275 e. The van der Waals surface area contributed by atoms with Gasteiger partial charge in [-0.05, 0) is 19.4 Å². The van der Waals surface area contributed by atoms with E-state index in [1.165, 1.54) is 0 Å². The van der Waals surface area contributed by atoms with Crippen LogP contribution in [-0.2, 0) is 6.54 Å². The lowest BCUT2D eigenvalue weighted by molar-refractivity contribution is 0.102. The van der Waals surface area contributed by atoms with E-state index in [2.05, 4.69) is 20.4 Å². The van der Waals surface area contributed by atoms with Gasteiger partial charge in [-0.2, -0.15) is 0 Å². The first-order valence-corrected chi connectivity index (χ1v) is 7.86. The van der Waals surface area contributed by atoms with E-state index in [1.807, 2.05) is 42.3 Å². The minimum atomic E-state index is -0.354. The van der Waals surface area contributed by atoms with E-state index in [0.29, 0.717) is 29.8 Å². The van der Waals surface area contributed by atoms with Crippen LogP contribution in [0.5, 0.6) is 0 Å². The van der Waals surface area contributed by atoms with Crippen LogP contribution in [0.15, 0.2) is 47.0 Å². The van der Waals surface area contributed by atoms with Gasteiger partial charge < -0.3 is 14.7 Å². The minimum Gasteiger partial charge on any atom is -0.360 e. The first kappa shape index (κ1) is 16.6. The SMILES string of the molecule is Cc1nc(C(=O)Nc2cc(C)on2)cc(N(C)Cc2ccccc2)n1. The van der Waals surface area contributed by atoms with E-state index >= 15 is 0 Å². The fraction of sp³-hybridized carbons (Fsp3) is 0.222. The van der Waals surface area contributed by atoms with Crippen molar-refractivity contribution in [1.82, 2.24) is 15.1 Å². The Hall–Kier alpha value is -3.22. The normalized spacial score (nSPS) is 10.5. The number of carbonyl (C=O) groups is 1. The number of amides is 1. The quantitative estimate of drug-likeness (QED) is 0.770. The Morgan fingerprint density at radius 2 is 1.92 bits per heavy atom. The summed E-state index contributed by atoms with van der Waals surface area (Å²) < 4.78 is 4.95. The summed E-state index contributed by atoms with van der Waals surface area (Å²) in [6.45, 7) is 4.20. The predicted molar refractivity (Wildman–Crippen MR) is 94.5 cm³/mol. The molecule has 128 valence electrons. The molecule has 0 fully saturated rings.